The van der Waals surface area contributed by atoms with Crippen LogP contribution in [0.2, 0.25) is 0 Å². The van der Waals surface area contributed by atoms with E-state index >= 15 is 0 Å². The molecule has 2 heterocycles. The van der Waals surface area contributed by atoms with Gasteiger partial charge in [0.05, 0.1) is 5.69 Å². The second kappa shape index (κ2) is 9.81. The molecule has 1 aliphatic heterocycles. The van der Waals surface area contributed by atoms with E-state index in [1.807, 2.05) is 18.2 Å². The molecule has 2 saturated carbocycles. The van der Waals surface area contributed by atoms with Gasteiger partial charge in [0, 0.05) is 25.4 Å². The van der Waals surface area contributed by atoms with Gasteiger partial charge in [-0.05, 0) is 67.1 Å². The average Bonchev–Trinajstić information content (AvgIpc) is 3.85. The van der Waals surface area contributed by atoms with Gasteiger partial charge in [0.1, 0.15) is 5.82 Å². The fourth-order valence-electron chi connectivity index (χ4n) is 5.86. The molecule has 1 saturated heterocycles. The maximum absolute atomic E-state index is 14.2. The minimum absolute atomic E-state index is 0.193. The number of nitrogens with zero attached hydrogens (tertiary/aromatic N) is 3. The van der Waals surface area contributed by atoms with Crippen molar-refractivity contribution in [3.8, 4) is 11.6 Å². The third kappa shape index (κ3) is 4.58. The number of aromatic nitrogens is 2. The number of unbranched alkanes of at least 4 members (excludes halogenated alkanes) is 1. The van der Waals surface area contributed by atoms with E-state index in [1.165, 1.54) is 16.7 Å². The van der Waals surface area contributed by atoms with E-state index in [2.05, 4.69) is 42.2 Å². The van der Waals surface area contributed by atoms with Crippen molar-refractivity contribution < 1.29 is 9.90 Å². The molecule has 1 amide bonds. The SMILES string of the molecule is CCCCc1nc(O)c(C(=O)N2CC[C@H](c3ccccc3)C2)c(=O)n1-c1c(C2CC2)cccc1C1CC1. The summed E-state index contributed by atoms with van der Waals surface area (Å²) < 4.78 is 1.70. The summed E-state index contributed by atoms with van der Waals surface area (Å²) in [5.74, 6) is 0.817. The van der Waals surface area contributed by atoms with E-state index in [0.717, 1.165) is 50.6 Å². The van der Waals surface area contributed by atoms with E-state index in [-0.39, 0.29) is 11.5 Å². The summed E-state index contributed by atoms with van der Waals surface area (Å²) >= 11 is 0. The van der Waals surface area contributed by atoms with Crippen LogP contribution in [-0.2, 0) is 6.42 Å². The molecule has 192 valence electrons. The lowest BCUT2D eigenvalue weighted by molar-refractivity contribution is 0.0784. The number of benzene rings is 2. The number of rotatable bonds is 8. The van der Waals surface area contributed by atoms with E-state index in [1.54, 1.807) is 9.47 Å². The van der Waals surface area contributed by atoms with Gasteiger partial charge < -0.3 is 10.0 Å². The summed E-state index contributed by atoms with van der Waals surface area (Å²) in [4.78, 5) is 34.2. The van der Waals surface area contributed by atoms with E-state index < -0.39 is 17.3 Å². The third-order valence-corrected chi connectivity index (χ3v) is 8.20. The summed E-state index contributed by atoms with van der Waals surface area (Å²) in [6.07, 6.45) is 7.69. The second-order valence-corrected chi connectivity index (χ2v) is 11.0. The molecule has 0 unspecified atom stereocenters. The van der Waals surface area contributed by atoms with Crippen molar-refractivity contribution in [2.75, 3.05) is 13.1 Å². The first-order valence-electron chi connectivity index (χ1n) is 13.9. The maximum atomic E-state index is 14.2. The van der Waals surface area contributed by atoms with Crippen LogP contribution >= 0.6 is 0 Å². The molecule has 1 aromatic heterocycles. The Balaban J connectivity index is 1.44. The van der Waals surface area contributed by atoms with Crippen molar-refractivity contribution in [3.05, 3.63) is 87.0 Å². The number of carbonyl (C=O) groups is 1. The van der Waals surface area contributed by atoms with Gasteiger partial charge in [0.25, 0.3) is 11.5 Å². The number of aromatic hydroxyl groups is 1. The molecule has 6 heteroatoms. The number of hydrogen-bond acceptors (Lipinski definition) is 4. The van der Waals surface area contributed by atoms with Gasteiger partial charge in [-0.1, -0.05) is 61.9 Å². The second-order valence-electron chi connectivity index (χ2n) is 11.0. The minimum Gasteiger partial charge on any atom is -0.493 e. The zero-order valence-corrected chi connectivity index (χ0v) is 21.5. The maximum Gasteiger partial charge on any atom is 0.274 e. The topological polar surface area (TPSA) is 75.4 Å². The highest BCUT2D eigenvalue weighted by Crippen LogP contribution is 2.49. The van der Waals surface area contributed by atoms with Crippen LogP contribution in [-0.4, -0.2) is 38.6 Å². The zero-order valence-electron chi connectivity index (χ0n) is 21.5. The third-order valence-electron chi connectivity index (χ3n) is 8.20. The summed E-state index contributed by atoms with van der Waals surface area (Å²) in [5.41, 5.74) is 3.86. The Kier molecular flexibility index (Phi) is 6.35. The minimum atomic E-state index is -0.433. The zero-order chi connectivity index (χ0) is 25.5. The molecular formula is C31H35N3O3. The number of para-hydroxylation sites is 1. The monoisotopic (exact) mass is 497 g/mol. The van der Waals surface area contributed by atoms with Gasteiger partial charge in [0.2, 0.25) is 5.88 Å². The Morgan fingerprint density at radius 2 is 1.62 bits per heavy atom. The van der Waals surface area contributed by atoms with Crippen LogP contribution in [0.4, 0.5) is 0 Å². The number of aryl methyl sites for hydroxylation is 1. The molecule has 0 spiro atoms. The van der Waals surface area contributed by atoms with Crippen molar-refractivity contribution >= 4 is 5.91 Å². The van der Waals surface area contributed by atoms with Gasteiger partial charge >= 0.3 is 0 Å². The van der Waals surface area contributed by atoms with Crippen LogP contribution in [0.15, 0.2) is 53.3 Å². The summed E-state index contributed by atoms with van der Waals surface area (Å²) in [5, 5.41) is 11.0. The highest BCUT2D eigenvalue weighted by molar-refractivity contribution is 5.96. The number of likely N-dealkylation sites (tertiary alicyclic amines) is 1. The molecule has 1 atom stereocenters. The van der Waals surface area contributed by atoms with Crippen molar-refractivity contribution in [2.24, 2.45) is 0 Å². The Bertz CT molecular complexity index is 1340. The van der Waals surface area contributed by atoms with Gasteiger partial charge in [-0.25, -0.2) is 0 Å². The quantitative estimate of drug-likeness (QED) is 0.435. The van der Waals surface area contributed by atoms with Gasteiger partial charge in [0.15, 0.2) is 5.56 Å². The summed E-state index contributed by atoms with van der Waals surface area (Å²) in [7, 11) is 0. The lowest BCUT2D eigenvalue weighted by atomic mass is 9.99. The first-order valence-corrected chi connectivity index (χ1v) is 13.9. The molecule has 2 aromatic carbocycles. The predicted octanol–water partition coefficient (Wildman–Crippen LogP) is 5.67. The number of carbonyl (C=O) groups excluding carboxylic acids is 1. The van der Waals surface area contributed by atoms with Crippen molar-refractivity contribution in [2.45, 2.75) is 76.0 Å². The van der Waals surface area contributed by atoms with E-state index in [9.17, 15) is 14.7 Å². The van der Waals surface area contributed by atoms with Crippen molar-refractivity contribution in [1.82, 2.24) is 14.5 Å². The van der Waals surface area contributed by atoms with Gasteiger partial charge in [-0.15, -0.1) is 0 Å². The fourth-order valence-corrected chi connectivity index (χ4v) is 5.86. The first kappa shape index (κ1) is 24.0. The first-order chi connectivity index (χ1) is 18.1. The number of hydrogen-bond donors (Lipinski definition) is 1. The van der Waals surface area contributed by atoms with Gasteiger partial charge in [-0.2, -0.15) is 4.98 Å². The largest absolute Gasteiger partial charge is 0.493 e. The molecular weight excluding hydrogens is 462 g/mol. The summed E-state index contributed by atoms with van der Waals surface area (Å²) in [6.45, 7) is 3.19. The van der Waals surface area contributed by atoms with Crippen LogP contribution in [0, 0.1) is 0 Å². The Hall–Kier alpha value is -3.41. The highest BCUT2D eigenvalue weighted by atomic mass is 16.3. The van der Waals surface area contributed by atoms with Crippen LogP contribution in [0.5, 0.6) is 5.88 Å². The molecule has 0 bridgehead atoms. The van der Waals surface area contributed by atoms with E-state index in [0.29, 0.717) is 37.2 Å². The molecule has 37 heavy (non-hydrogen) atoms. The van der Waals surface area contributed by atoms with Crippen LogP contribution in [0.1, 0.15) is 102 Å². The molecule has 6 rings (SSSR count). The average molecular weight is 498 g/mol. The molecule has 3 fully saturated rings. The standard InChI is InChI=1S/C31H35N3O3/c1-2-3-12-26-32-29(35)27(30(36)33-18-17-23(19-33)20-8-5-4-6-9-20)31(37)34(26)28-24(21-13-14-21)10-7-11-25(28)22-15-16-22/h4-11,21-23,35H,2-3,12-19H2,1H3/t23-/m0/s1. The summed E-state index contributed by atoms with van der Waals surface area (Å²) in [6, 6.07) is 16.6. The molecule has 2 aliphatic carbocycles. The normalized spacial score (nSPS) is 19.4. The molecule has 6 nitrogen and oxygen atoms in total. The van der Waals surface area contributed by atoms with Crippen LogP contribution < -0.4 is 5.56 Å². The fraction of sp³-hybridized carbons (Fsp3) is 0.452. The number of amides is 1. The van der Waals surface area contributed by atoms with Crippen LogP contribution in [0.3, 0.4) is 0 Å². The molecule has 0 radical (unpaired) electrons. The lowest BCUT2D eigenvalue weighted by Gasteiger charge is -2.22. The Morgan fingerprint density at radius 1 is 0.946 bits per heavy atom. The van der Waals surface area contributed by atoms with Gasteiger partial charge in [-0.3, -0.25) is 14.2 Å². The molecule has 3 aliphatic rings. The highest BCUT2D eigenvalue weighted by Gasteiger charge is 2.36. The predicted molar refractivity (Wildman–Crippen MR) is 144 cm³/mol. The van der Waals surface area contributed by atoms with Crippen molar-refractivity contribution in [1.29, 1.82) is 0 Å². The smallest absolute Gasteiger partial charge is 0.274 e. The van der Waals surface area contributed by atoms with Crippen LogP contribution in [0.25, 0.3) is 5.69 Å². The Morgan fingerprint density at radius 3 is 2.24 bits per heavy atom. The molecule has 1 N–H and O–H groups in total. The molecule has 3 aromatic rings. The van der Waals surface area contributed by atoms with E-state index in [4.69, 9.17) is 0 Å². The van der Waals surface area contributed by atoms with Crippen molar-refractivity contribution in [3.63, 3.8) is 0 Å². The Labute approximate surface area is 218 Å². The lowest BCUT2D eigenvalue weighted by Crippen LogP contribution is -2.37.